The van der Waals surface area contributed by atoms with E-state index in [-0.39, 0.29) is 11.0 Å². The second kappa shape index (κ2) is 5.77. The predicted octanol–water partition coefficient (Wildman–Crippen LogP) is 3.88. The van der Waals surface area contributed by atoms with Crippen LogP contribution in [0.4, 0.5) is 15.0 Å². The number of carboxylic acid groups (broad SMARTS) is 1. The van der Waals surface area contributed by atoms with E-state index in [2.05, 4.69) is 20.3 Å². The van der Waals surface area contributed by atoms with Crippen LogP contribution in [0, 0.1) is 12.7 Å². The molecule has 0 radical (unpaired) electrons. The lowest BCUT2D eigenvalue weighted by atomic mass is 10.1. The zero-order chi connectivity index (χ0) is 16.6. The lowest BCUT2D eigenvalue weighted by Crippen LogP contribution is -2.08. The highest BCUT2D eigenvalue weighted by Gasteiger charge is 2.12. The first kappa shape index (κ1) is 15.1. The molecule has 2 N–H and O–H groups in total. The number of hydrogen-bond donors (Lipinski definition) is 2. The largest absolute Gasteiger partial charge is 0.465 e. The highest BCUT2D eigenvalue weighted by molar-refractivity contribution is 6.34. The number of pyridine rings is 3. The van der Waals surface area contributed by atoms with Gasteiger partial charge in [-0.1, -0.05) is 11.6 Å². The van der Waals surface area contributed by atoms with Crippen molar-refractivity contribution in [1.29, 1.82) is 0 Å². The van der Waals surface area contributed by atoms with Gasteiger partial charge in [0.15, 0.2) is 0 Å². The molecule has 0 saturated carbocycles. The summed E-state index contributed by atoms with van der Waals surface area (Å²) in [6.07, 6.45) is 2.89. The third-order valence-electron chi connectivity index (χ3n) is 3.33. The number of anilines is 1. The molecule has 0 aliphatic carbocycles. The number of carbonyl (C=O) groups is 1. The van der Waals surface area contributed by atoms with Gasteiger partial charge in [-0.2, -0.15) is 0 Å². The van der Waals surface area contributed by atoms with E-state index < -0.39 is 11.9 Å². The normalized spacial score (nSPS) is 10.7. The maximum absolute atomic E-state index is 13.7. The summed E-state index contributed by atoms with van der Waals surface area (Å²) in [7, 11) is 0. The van der Waals surface area contributed by atoms with E-state index in [0.29, 0.717) is 27.6 Å². The fraction of sp³-hybridized carbons (Fsp3) is 0.0667. The number of halogens is 2. The summed E-state index contributed by atoms with van der Waals surface area (Å²) >= 11 is 6.18. The van der Waals surface area contributed by atoms with Crippen molar-refractivity contribution in [2.24, 2.45) is 0 Å². The SMILES string of the molecule is Cc1c(F)cncc1-c1cc2cnc(NC(=O)O)cc2c(Cl)n1. The average Bonchev–Trinajstić information content (AvgIpc) is 2.50. The van der Waals surface area contributed by atoms with Gasteiger partial charge in [-0.05, 0) is 24.6 Å². The van der Waals surface area contributed by atoms with Crippen LogP contribution in [0.5, 0.6) is 0 Å². The van der Waals surface area contributed by atoms with E-state index >= 15 is 0 Å². The van der Waals surface area contributed by atoms with Gasteiger partial charge in [0.05, 0.1) is 11.9 Å². The summed E-state index contributed by atoms with van der Waals surface area (Å²) in [5.74, 6) is -0.287. The first-order valence-corrected chi connectivity index (χ1v) is 6.90. The summed E-state index contributed by atoms with van der Waals surface area (Å²) in [4.78, 5) is 22.7. The van der Waals surface area contributed by atoms with Gasteiger partial charge in [-0.15, -0.1) is 0 Å². The molecule has 0 aromatic carbocycles. The molecule has 6 nitrogen and oxygen atoms in total. The predicted molar refractivity (Wildman–Crippen MR) is 84.1 cm³/mol. The van der Waals surface area contributed by atoms with Gasteiger partial charge in [0.1, 0.15) is 16.8 Å². The van der Waals surface area contributed by atoms with Gasteiger partial charge in [-0.25, -0.2) is 19.2 Å². The summed E-state index contributed by atoms with van der Waals surface area (Å²) in [6, 6.07) is 3.18. The smallest absolute Gasteiger partial charge is 0.410 e. The van der Waals surface area contributed by atoms with Gasteiger partial charge in [-0.3, -0.25) is 10.3 Å². The standard InChI is InChI=1S/C15H10ClFN4O2/c1-7-10(5-18-6-11(7)17)12-2-8-4-19-13(21-15(22)23)3-9(8)14(16)20-12/h2-6H,1H3,(H,19,21)(H,22,23). The maximum Gasteiger partial charge on any atom is 0.410 e. The van der Waals surface area contributed by atoms with Crippen molar-refractivity contribution in [3.8, 4) is 11.3 Å². The van der Waals surface area contributed by atoms with E-state index in [1.165, 1.54) is 18.5 Å². The van der Waals surface area contributed by atoms with Crippen molar-refractivity contribution in [3.05, 3.63) is 47.3 Å². The zero-order valence-corrected chi connectivity index (χ0v) is 12.6. The lowest BCUT2D eigenvalue weighted by Gasteiger charge is -2.09. The van der Waals surface area contributed by atoms with Crippen molar-refractivity contribution in [3.63, 3.8) is 0 Å². The molecule has 3 heterocycles. The first-order chi connectivity index (χ1) is 11.0. The molecule has 116 valence electrons. The fourth-order valence-corrected chi connectivity index (χ4v) is 2.43. The molecule has 0 fully saturated rings. The molecule has 3 aromatic heterocycles. The molecule has 3 rings (SSSR count). The van der Waals surface area contributed by atoms with Gasteiger partial charge < -0.3 is 5.11 Å². The van der Waals surface area contributed by atoms with Crippen molar-refractivity contribution in [1.82, 2.24) is 15.0 Å². The van der Waals surface area contributed by atoms with Crippen LogP contribution in [-0.4, -0.2) is 26.2 Å². The van der Waals surface area contributed by atoms with E-state index in [9.17, 15) is 9.18 Å². The first-order valence-electron chi connectivity index (χ1n) is 6.52. The Morgan fingerprint density at radius 3 is 2.83 bits per heavy atom. The average molecular weight is 333 g/mol. The minimum absolute atomic E-state index is 0.144. The van der Waals surface area contributed by atoms with Crippen LogP contribution in [0.25, 0.3) is 22.0 Å². The third kappa shape index (κ3) is 2.91. The Hall–Kier alpha value is -2.80. The van der Waals surface area contributed by atoms with Gasteiger partial charge in [0, 0.05) is 28.7 Å². The number of amides is 1. The highest BCUT2D eigenvalue weighted by Crippen LogP contribution is 2.30. The molecule has 0 aliphatic heterocycles. The molecular formula is C15H10ClFN4O2. The van der Waals surface area contributed by atoms with Crippen LogP contribution >= 0.6 is 11.6 Å². The second-order valence-electron chi connectivity index (χ2n) is 4.81. The van der Waals surface area contributed by atoms with Crippen molar-refractivity contribution < 1.29 is 14.3 Å². The summed E-state index contributed by atoms with van der Waals surface area (Å²) < 4.78 is 13.7. The highest BCUT2D eigenvalue weighted by atomic mass is 35.5. The van der Waals surface area contributed by atoms with E-state index in [1.807, 2.05) is 0 Å². The molecule has 0 spiro atoms. The van der Waals surface area contributed by atoms with Crippen LogP contribution in [0.15, 0.2) is 30.7 Å². The summed E-state index contributed by atoms with van der Waals surface area (Å²) in [5.41, 5.74) is 1.41. The molecule has 0 unspecified atom stereocenters. The summed E-state index contributed by atoms with van der Waals surface area (Å²) in [5, 5.41) is 12.2. The van der Waals surface area contributed by atoms with Gasteiger partial charge in [0.2, 0.25) is 0 Å². The molecule has 0 atom stereocenters. The van der Waals surface area contributed by atoms with E-state index in [4.69, 9.17) is 16.7 Å². The second-order valence-corrected chi connectivity index (χ2v) is 5.17. The fourth-order valence-electron chi connectivity index (χ4n) is 2.18. The van der Waals surface area contributed by atoms with E-state index in [0.717, 1.165) is 6.20 Å². The number of nitrogens with one attached hydrogen (secondary N) is 1. The quantitative estimate of drug-likeness (QED) is 0.695. The Bertz CT molecular complexity index is 933. The molecule has 1 amide bonds. The molecule has 8 heteroatoms. The third-order valence-corrected chi connectivity index (χ3v) is 3.62. The van der Waals surface area contributed by atoms with Crippen LogP contribution < -0.4 is 5.32 Å². The van der Waals surface area contributed by atoms with Gasteiger partial charge >= 0.3 is 6.09 Å². The Morgan fingerprint density at radius 2 is 2.09 bits per heavy atom. The van der Waals surface area contributed by atoms with Crippen LogP contribution in [0.1, 0.15) is 5.56 Å². The number of hydrogen-bond acceptors (Lipinski definition) is 4. The minimum atomic E-state index is -1.22. The molecule has 23 heavy (non-hydrogen) atoms. The topological polar surface area (TPSA) is 88.0 Å². The van der Waals surface area contributed by atoms with Crippen LogP contribution in [-0.2, 0) is 0 Å². The van der Waals surface area contributed by atoms with Gasteiger partial charge in [0.25, 0.3) is 0 Å². The Labute approximate surface area is 135 Å². The Morgan fingerprint density at radius 1 is 1.30 bits per heavy atom. The zero-order valence-electron chi connectivity index (χ0n) is 11.8. The number of nitrogens with zero attached hydrogens (tertiary/aromatic N) is 3. The molecule has 3 aromatic rings. The Kier molecular flexibility index (Phi) is 3.79. The molecule has 0 saturated heterocycles. The number of aromatic nitrogens is 3. The van der Waals surface area contributed by atoms with Crippen molar-refractivity contribution in [2.45, 2.75) is 6.92 Å². The lowest BCUT2D eigenvalue weighted by molar-refractivity contribution is 0.209. The molecule has 0 bridgehead atoms. The Balaban J connectivity index is 2.15. The van der Waals surface area contributed by atoms with Crippen molar-refractivity contribution >= 4 is 34.3 Å². The molecular weight excluding hydrogens is 323 g/mol. The van der Waals surface area contributed by atoms with E-state index in [1.54, 1.807) is 13.0 Å². The minimum Gasteiger partial charge on any atom is -0.465 e. The van der Waals surface area contributed by atoms with Crippen LogP contribution in [0.3, 0.4) is 0 Å². The number of rotatable bonds is 2. The monoisotopic (exact) mass is 332 g/mol. The number of fused-ring (bicyclic) bond motifs is 1. The maximum atomic E-state index is 13.7. The van der Waals surface area contributed by atoms with Crippen molar-refractivity contribution in [2.75, 3.05) is 5.32 Å². The summed E-state index contributed by atoms with van der Waals surface area (Å²) in [6.45, 7) is 1.63. The van der Waals surface area contributed by atoms with Crippen LogP contribution in [0.2, 0.25) is 5.15 Å². The molecule has 0 aliphatic rings.